The molecule has 3 rings (SSSR count). The second-order valence-electron chi connectivity index (χ2n) is 7.77. The number of hydrogen-bond acceptors (Lipinski definition) is 7. The molecule has 1 aromatic heterocycles. The third-order valence-electron chi connectivity index (χ3n) is 5.29. The highest BCUT2D eigenvalue weighted by molar-refractivity contribution is 7.89. The zero-order valence-corrected chi connectivity index (χ0v) is 20.8. The molecule has 0 saturated carbocycles. The standard InChI is InChI=1S/C25H31N3O5S/c1-5-33-25(24-15-26-19(2)14-27-24)18-34(29,30)28(16-20-6-10-22(31-3)11-7-20)17-21-8-12-23(32-4)13-9-21/h6-15,25H,5,16-18H2,1-4H3. The van der Waals surface area contributed by atoms with Crippen LogP contribution in [-0.4, -0.2) is 49.3 Å². The molecule has 3 aromatic rings. The van der Waals surface area contributed by atoms with Gasteiger partial charge in [-0.15, -0.1) is 0 Å². The summed E-state index contributed by atoms with van der Waals surface area (Å²) < 4.78 is 45.0. The number of aryl methyl sites for hydroxylation is 1. The Morgan fingerprint density at radius 2 is 1.38 bits per heavy atom. The van der Waals surface area contributed by atoms with Gasteiger partial charge in [-0.05, 0) is 49.2 Å². The molecule has 0 aliphatic carbocycles. The molecule has 0 saturated heterocycles. The van der Waals surface area contributed by atoms with E-state index in [-0.39, 0.29) is 18.8 Å². The van der Waals surface area contributed by atoms with Gasteiger partial charge in [-0.3, -0.25) is 9.97 Å². The molecule has 0 fully saturated rings. The van der Waals surface area contributed by atoms with Crippen LogP contribution in [0.1, 0.15) is 35.5 Å². The van der Waals surface area contributed by atoms with E-state index in [4.69, 9.17) is 14.2 Å². The largest absolute Gasteiger partial charge is 0.497 e. The van der Waals surface area contributed by atoms with E-state index in [9.17, 15) is 8.42 Å². The van der Waals surface area contributed by atoms with Crippen molar-refractivity contribution in [1.82, 2.24) is 14.3 Å². The number of benzene rings is 2. The number of hydrogen-bond donors (Lipinski definition) is 0. The van der Waals surface area contributed by atoms with Crippen molar-refractivity contribution in [3.8, 4) is 11.5 Å². The van der Waals surface area contributed by atoms with Gasteiger partial charge in [0.1, 0.15) is 17.6 Å². The summed E-state index contributed by atoms with van der Waals surface area (Å²) in [4.78, 5) is 8.60. The Hall–Kier alpha value is -3.01. The van der Waals surface area contributed by atoms with Gasteiger partial charge in [-0.2, -0.15) is 4.31 Å². The van der Waals surface area contributed by atoms with Crippen LogP contribution in [0.25, 0.3) is 0 Å². The smallest absolute Gasteiger partial charge is 0.217 e. The van der Waals surface area contributed by atoms with Gasteiger partial charge in [0.2, 0.25) is 10.0 Å². The minimum absolute atomic E-state index is 0.205. The van der Waals surface area contributed by atoms with Crippen LogP contribution in [0.15, 0.2) is 60.9 Å². The van der Waals surface area contributed by atoms with Crippen molar-refractivity contribution >= 4 is 10.0 Å². The van der Waals surface area contributed by atoms with Gasteiger partial charge in [0.05, 0.1) is 37.6 Å². The predicted molar refractivity (Wildman–Crippen MR) is 130 cm³/mol. The van der Waals surface area contributed by atoms with E-state index >= 15 is 0 Å². The second-order valence-corrected chi connectivity index (χ2v) is 9.78. The molecular formula is C25H31N3O5S. The average molecular weight is 486 g/mol. The van der Waals surface area contributed by atoms with Crippen molar-refractivity contribution < 1.29 is 22.6 Å². The van der Waals surface area contributed by atoms with Crippen LogP contribution in [0, 0.1) is 6.92 Å². The number of methoxy groups -OCH3 is 2. The molecular weight excluding hydrogens is 454 g/mol. The minimum atomic E-state index is -3.75. The Bertz CT molecular complexity index is 1090. The number of rotatable bonds is 12. The van der Waals surface area contributed by atoms with E-state index in [1.165, 1.54) is 4.31 Å². The lowest BCUT2D eigenvalue weighted by Crippen LogP contribution is -2.35. The second kappa shape index (κ2) is 11.9. The Balaban J connectivity index is 1.89. The van der Waals surface area contributed by atoms with Gasteiger partial charge in [0, 0.05) is 25.9 Å². The topological polar surface area (TPSA) is 90.9 Å². The lowest BCUT2D eigenvalue weighted by Gasteiger charge is -2.25. The zero-order valence-electron chi connectivity index (χ0n) is 20.0. The SMILES string of the molecule is CCOC(CS(=O)(=O)N(Cc1ccc(OC)cc1)Cc1ccc(OC)cc1)c1cnc(C)cn1. The van der Waals surface area contributed by atoms with Crippen molar-refractivity contribution in [2.45, 2.75) is 33.0 Å². The maximum absolute atomic E-state index is 13.7. The molecule has 0 aliphatic heterocycles. The highest BCUT2D eigenvalue weighted by Gasteiger charge is 2.29. The van der Waals surface area contributed by atoms with E-state index in [0.717, 1.165) is 16.8 Å². The summed E-state index contributed by atoms with van der Waals surface area (Å²) in [7, 11) is -0.563. The molecule has 8 nitrogen and oxygen atoms in total. The van der Waals surface area contributed by atoms with Crippen molar-refractivity contribution in [2.24, 2.45) is 0 Å². The van der Waals surface area contributed by atoms with Crippen molar-refractivity contribution in [1.29, 1.82) is 0 Å². The summed E-state index contributed by atoms with van der Waals surface area (Å²) in [5.41, 5.74) is 2.94. The van der Waals surface area contributed by atoms with Crippen molar-refractivity contribution in [3.05, 3.63) is 83.4 Å². The summed E-state index contributed by atoms with van der Waals surface area (Å²) in [6.07, 6.45) is 2.46. The Kier molecular flexibility index (Phi) is 8.98. The fraction of sp³-hybridized carbons (Fsp3) is 0.360. The molecule has 0 amide bonds. The lowest BCUT2D eigenvalue weighted by atomic mass is 10.2. The molecule has 0 aliphatic rings. The van der Waals surface area contributed by atoms with E-state index in [0.29, 0.717) is 23.8 Å². The summed E-state index contributed by atoms with van der Waals surface area (Å²) in [5.74, 6) is 1.18. The van der Waals surface area contributed by atoms with E-state index in [2.05, 4.69) is 9.97 Å². The fourth-order valence-corrected chi connectivity index (χ4v) is 4.96. The summed E-state index contributed by atoms with van der Waals surface area (Å²) in [6.45, 7) is 4.42. The fourth-order valence-electron chi connectivity index (χ4n) is 3.41. The quantitative estimate of drug-likeness (QED) is 0.384. The third kappa shape index (κ3) is 6.99. The highest BCUT2D eigenvalue weighted by Crippen LogP contribution is 2.24. The first-order valence-electron chi connectivity index (χ1n) is 11.0. The first-order chi connectivity index (χ1) is 16.3. The zero-order chi connectivity index (χ0) is 24.6. The van der Waals surface area contributed by atoms with Crippen molar-refractivity contribution in [2.75, 3.05) is 26.6 Å². The van der Waals surface area contributed by atoms with Gasteiger partial charge in [-0.25, -0.2) is 8.42 Å². The van der Waals surface area contributed by atoms with E-state index in [1.54, 1.807) is 26.6 Å². The van der Waals surface area contributed by atoms with Crippen LogP contribution < -0.4 is 9.47 Å². The monoisotopic (exact) mass is 485 g/mol. The molecule has 1 atom stereocenters. The molecule has 9 heteroatoms. The molecule has 182 valence electrons. The maximum Gasteiger partial charge on any atom is 0.217 e. The molecule has 0 radical (unpaired) electrons. The maximum atomic E-state index is 13.7. The number of sulfonamides is 1. The van der Waals surface area contributed by atoms with E-state index in [1.807, 2.05) is 62.4 Å². The first-order valence-corrected chi connectivity index (χ1v) is 12.6. The van der Waals surface area contributed by atoms with Crippen LogP contribution in [0.5, 0.6) is 11.5 Å². The van der Waals surface area contributed by atoms with Gasteiger partial charge in [-0.1, -0.05) is 24.3 Å². The lowest BCUT2D eigenvalue weighted by molar-refractivity contribution is 0.0742. The molecule has 0 N–H and O–H groups in total. The van der Waals surface area contributed by atoms with Gasteiger partial charge in [0.15, 0.2) is 0 Å². The predicted octanol–water partition coefficient (Wildman–Crippen LogP) is 3.91. The Morgan fingerprint density at radius 1 is 0.853 bits per heavy atom. The van der Waals surface area contributed by atoms with Gasteiger partial charge in [0.25, 0.3) is 0 Å². The summed E-state index contributed by atoms with van der Waals surface area (Å²) in [5, 5.41) is 0. The minimum Gasteiger partial charge on any atom is -0.497 e. The number of nitrogens with zero attached hydrogens (tertiary/aromatic N) is 3. The number of ether oxygens (including phenoxy) is 3. The van der Waals surface area contributed by atoms with Gasteiger partial charge >= 0.3 is 0 Å². The molecule has 1 heterocycles. The van der Waals surface area contributed by atoms with E-state index < -0.39 is 16.1 Å². The van der Waals surface area contributed by atoms with Crippen molar-refractivity contribution in [3.63, 3.8) is 0 Å². The molecule has 0 bridgehead atoms. The Morgan fingerprint density at radius 3 is 1.79 bits per heavy atom. The first kappa shape index (κ1) is 25.6. The van der Waals surface area contributed by atoms with Crippen LogP contribution in [0.2, 0.25) is 0 Å². The highest BCUT2D eigenvalue weighted by atomic mass is 32.2. The Labute approximate surface area is 201 Å². The number of aromatic nitrogens is 2. The summed E-state index contributed by atoms with van der Waals surface area (Å²) >= 11 is 0. The molecule has 2 aromatic carbocycles. The van der Waals surface area contributed by atoms with Crippen LogP contribution in [0.4, 0.5) is 0 Å². The molecule has 1 unspecified atom stereocenters. The van der Waals surface area contributed by atoms with Crippen LogP contribution in [-0.2, 0) is 27.8 Å². The van der Waals surface area contributed by atoms with Crippen LogP contribution >= 0.6 is 0 Å². The van der Waals surface area contributed by atoms with Crippen LogP contribution in [0.3, 0.4) is 0 Å². The third-order valence-corrected chi connectivity index (χ3v) is 7.06. The average Bonchev–Trinajstić information content (AvgIpc) is 2.84. The normalized spacial score (nSPS) is 12.5. The molecule has 0 spiro atoms. The molecule has 34 heavy (non-hydrogen) atoms. The van der Waals surface area contributed by atoms with Gasteiger partial charge < -0.3 is 14.2 Å². The summed E-state index contributed by atoms with van der Waals surface area (Å²) in [6, 6.07) is 14.7.